The number of hydrogen-bond acceptors (Lipinski definition) is 5. The van der Waals surface area contributed by atoms with Crippen molar-refractivity contribution < 1.29 is 9.18 Å². The molecule has 7 nitrogen and oxygen atoms in total. The maximum Gasteiger partial charge on any atom is 0.223 e. The Morgan fingerprint density at radius 3 is 2.36 bits per heavy atom. The fraction of sp³-hybridized carbons (Fsp3) is 0.357. The summed E-state index contributed by atoms with van der Waals surface area (Å²) in [7, 11) is 0. The van der Waals surface area contributed by atoms with Gasteiger partial charge in [0.05, 0.1) is 16.8 Å². The second-order valence-electron chi connectivity index (χ2n) is 9.24. The summed E-state index contributed by atoms with van der Waals surface area (Å²) in [5, 5.41) is 5.65. The lowest BCUT2D eigenvalue weighted by Gasteiger charge is -2.36. The van der Waals surface area contributed by atoms with Gasteiger partial charge in [0.2, 0.25) is 5.91 Å². The number of halogens is 1. The zero-order valence-electron chi connectivity index (χ0n) is 20.8. The van der Waals surface area contributed by atoms with Crippen LogP contribution in [-0.4, -0.2) is 56.7 Å². The molecule has 0 aliphatic carbocycles. The van der Waals surface area contributed by atoms with Gasteiger partial charge in [0.15, 0.2) is 5.65 Å². The van der Waals surface area contributed by atoms with Crippen LogP contribution in [0.15, 0.2) is 54.6 Å². The van der Waals surface area contributed by atoms with Gasteiger partial charge in [0, 0.05) is 39.0 Å². The Labute approximate surface area is 210 Å². The number of carbonyl (C=O) groups is 1. The number of anilines is 1. The van der Waals surface area contributed by atoms with Crippen molar-refractivity contribution in [2.75, 3.05) is 31.1 Å². The molecule has 0 unspecified atom stereocenters. The van der Waals surface area contributed by atoms with Crippen molar-refractivity contribution in [2.24, 2.45) is 0 Å². The van der Waals surface area contributed by atoms with Crippen molar-refractivity contribution in [3.05, 3.63) is 77.5 Å². The van der Waals surface area contributed by atoms with E-state index in [2.05, 4.69) is 24.0 Å². The maximum absolute atomic E-state index is 13.5. The largest absolute Gasteiger partial charge is 0.352 e. The standard InChI is InChI=1S/C28H31FN6O/c1-3-7-24-30-27(26-20(2)32-35(28(26)31-24)23-13-11-22(29)12-14-23)34-18-16-33(17-19-34)25(36)15-10-21-8-5-4-6-9-21/h4-6,8-9,11-14H,3,7,10,15-19H2,1-2H3. The second-order valence-corrected chi connectivity index (χ2v) is 9.24. The van der Waals surface area contributed by atoms with Crippen LogP contribution in [-0.2, 0) is 17.6 Å². The van der Waals surface area contributed by atoms with E-state index in [1.54, 1.807) is 16.8 Å². The quantitative estimate of drug-likeness (QED) is 0.385. The van der Waals surface area contributed by atoms with Gasteiger partial charge in [-0.2, -0.15) is 5.10 Å². The third-order valence-electron chi connectivity index (χ3n) is 6.68. The number of piperazine rings is 1. The number of nitrogens with zero attached hydrogens (tertiary/aromatic N) is 6. The monoisotopic (exact) mass is 486 g/mol. The molecule has 3 heterocycles. The first kappa shape index (κ1) is 23.9. The zero-order chi connectivity index (χ0) is 25.1. The highest BCUT2D eigenvalue weighted by molar-refractivity contribution is 5.91. The highest BCUT2D eigenvalue weighted by atomic mass is 19.1. The number of hydrogen-bond donors (Lipinski definition) is 0. The summed E-state index contributed by atoms with van der Waals surface area (Å²) in [4.78, 5) is 26.8. The Balaban J connectivity index is 1.38. The molecule has 0 spiro atoms. The van der Waals surface area contributed by atoms with Gasteiger partial charge in [0.25, 0.3) is 0 Å². The molecule has 1 aliphatic rings. The fourth-order valence-corrected chi connectivity index (χ4v) is 4.75. The van der Waals surface area contributed by atoms with Crippen molar-refractivity contribution in [1.29, 1.82) is 0 Å². The molecule has 186 valence electrons. The molecule has 1 amide bonds. The molecule has 8 heteroatoms. The first-order chi connectivity index (χ1) is 17.5. The van der Waals surface area contributed by atoms with Crippen molar-refractivity contribution in [3.63, 3.8) is 0 Å². The smallest absolute Gasteiger partial charge is 0.223 e. The van der Waals surface area contributed by atoms with Crippen LogP contribution in [0.25, 0.3) is 16.7 Å². The van der Waals surface area contributed by atoms with Crippen molar-refractivity contribution in [2.45, 2.75) is 39.5 Å². The fourth-order valence-electron chi connectivity index (χ4n) is 4.75. The third-order valence-corrected chi connectivity index (χ3v) is 6.68. The molecule has 0 bridgehead atoms. The van der Waals surface area contributed by atoms with Crippen LogP contribution < -0.4 is 4.90 Å². The van der Waals surface area contributed by atoms with Crippen LogP contribution in [0.5, 0.6) is 0 Å². The summed E-state index contributed by atoms with van der Waals surface area (Å²) in [6.45, 7) is 6.79. The number of benzene rings is 2. The molecule has 0 saturated carbocycles. The second kappa shape index (κ2) is 10.4. The number of aryl methyl sites for hydroxylation is 3. The lowest BCUT2D eigenvalue weighted by Crippen LogP contribution is -2.49. The first-order valence-corrected chi connectivity index (χ1v) is 12.6. The summed E-state index contributed by atoms with van der Waals surface area (Å²) < 4.78 is 15.3. The van der Waals surface area contributed by atoms with Crippen LogP contribution >= 0.6 is 0 Å². The molecule has 0 radical (unpaired) electrons. The Morgan fingerprint density at radius 2 is 1.67 bits per heavy atom. The average Bonchev–Trinajstić information content (AvgIpc) is 3.24. The van der Waals surface area contributed by atoms with Gasteiger partial charge in [-0.25, -0.2) is 19.0 Å². The predicted octanol–water partition coefficient (Wildman–Crippen LogP) is 4.50. The van der Waals surface area contributed by atoms with Gasteiger partial charge in [-0.3, -0.25) is 4.79 Å². The molecular formula is C28H31FN6O. The van der Waals surface area contributed by atoms with Crippen LogP contribution in [0.1, 0.15) is 36.8 Å². The number of carbonyl (C=O) groups excluding carboxylic acids is 1. The van der Waals surface area contributed by atoms with Crippen LogP contribution in [0.2, 0.25) is 0 Å². The maximum atomic E-state index is 13.5. The van der Waals surface area contributed by atoms with Gasteiger partial charge in [-0.15, -0.1) is 0 Å². The van der Waals surface area contributed by atoms with E-state index >= 15 is 0 Å². The van der Waals surface area contributed by atoms with E-state index in [1.807, 2.05) is 30.0 Å². The predicted molar refractivity (Wildman–Crippen MR) is 139 cm³/mol. The third kappa shape index (κ3) is 4.94. The Morgan fingerprint density at radius 1 is 0.944 bits per heavy atom. The number of aromatic nitrogens is 4. The Hall–Kier alpha value is -3.81. The van der Waals surface area contributed by atoms with E-state index in [0.29, 0.717) is 32.6 Å². The molecule has 5 rings (SSSR count). The van der Waals surface area contributed by atoms with E-state index in [4.69, 9.17) is 15.1 Å². The highest BCUT2D eigenvalue weighted by Crippen LogP contribution is 2.30. The molecule has 1 fully saturated rings. The zero-order valence-corrected chi connectivity index (χ0v) is 20.8. The molecule has 2 aromatic heterocycles. The van der Waals surface area contributed by atoms with Gasteiger partial charge < -0.3 is 9.80 Å². The molecular weight excluding hydrogens is 455 g/mol. The minimum atomic E-state index is -0.287. The van der Waals surface area contributed by atoms with E-state index < -0.39 is 0 Å². The normalized spacial score (nSPS) is 14.0. The van der Waals surface area contributed by atoms with Crippen molar-refractivity contribution in [3.8, 4) is 5.69 Å². The summed E-state index contributed by atoms with van der Waals surface area (Å²) in [6.07, 6.45) is 2.97. The summed E-state index contributed by atoms with van der Waals surface area (Å²) in [5.41, 5.74) is 3.50. The molecule has 0 atom stereocenters. The lowest BCUT2D eigenvalue weighted by molar-refractivity contribution is -0.131. The average molecular weight is 487 g/mol. The molecule has 1 saturated heterocycles. The van der Waals surface area contributed by atoms with Crippen LogP contribution in [0, 0.1) is 12.7 Å². The van der Waals surface area contributed by atoms with Gasteiger partial charge in [0.1, 0.15) is 17.5 Å². The van der Waals surface area contributed by atoms with E-state index in [9.17, 15) is 9.18 Å². The number of rotatable bonds is 7. The van der Waals surface area contributed by atoms with Crippen LogP contribution in [0.4, 0.5) is 10.2 Å². The topological polar surface area (TPSA) is 67.2 Å². The molecule has 2 aromatic carbocycles. The highest BCUT2D eigenvalue weighted by Gasteiger charge is 2.26. The van der Waals surface area contributed by atoms with Crippen molar-refractivity contribution >= 4 is 22.8 Å². The van der Waals surface area contributed by atoms with Crippen LogP contribution in [0.3, 0.4) is 0 Å². The molecule has 36 heavy (non-hydrogen) atoms. The van der Waals surface area contributed by atoms with Gasteiger partial charge in [-0.1, -0.05) is 37.3 Å². The lowest BCUT2D eigenvalue weighted by atomic mass is 10.1. The Bertz CT molecular complexity index is 1340. The summed E-state index contributed by atoms with van der Waals surface area (Å²) >= 11 is 0. The number of fused-ring (bicyclic) bond motifs is 1. The summed E-state index contributed by atoms with van der Waals surface area (Å²) in [5.74, 6) is 1.54. The van der Waals surface area contributed by atoms with E-state index in [0.717, 1.165) is 53.3 Å². The minimum absolute atomic E-state index is 0.193. The molecule has 4 aromatic rings. The first-order valence-electron chi connectivity index (χ1n) is 12.6. The van der Waals surface area contributed by atoms with E-state index in [1.165, 1.54) is 17.7 Å². The Kier molecular flexibility index (Phi) is 6.93. The molecule has 1 aliphatic heterocycles. The molecule has 0 N–H and O–H groups in total. The van der Waals surface area contributed by atoms with Crippen molar-refractivity contribution in [1.82, 2.24) is 24.6 Å². The SMILES string of the molecule is CCCc1nc(N2CCN(C(=O)CCc3ccccc3)CC2)c2c(C)nn(-c3ccc(F)cc3)c2n1. The van der Waals surface area contributed by atoms with Gasteiger partial charge >= 0.3 is 0 Å². The summed E-state index contributed by atoms with van der Waals surface area (Å²) in [6, 6.07) is 16.4. The number of amides is 1. The van der Waals surface area contributed by atoms with E-state index in [-0.39, 0.29) is 11.7 Å². The minimum Gasteiger partial charge on any atom is -0.352 e. The van der Waals surface area contributed by atoms with Gasteiger partial charge in [-0.05, 0) is 49.6 Å².